The highest BCUT2D eigenvalue weighted by Gasteiger charge is 2.18. The topological polar surface area (TPSA) is 103 Å². The molecule has 0 aliphatic rings. The van der Waals surface area contributed by atoms with E-state index in [1.54, 1.807) is 0 Å². The maximum absolute atomic E-state index is 12.6. The van der Waals surface area contributed by atoms with Crippen molar-refractivity contribution in [2.45, 2.75) is 12.1 Å². The van der Waals surface area contributed by atoms with E-state index in [9.17, 15) is 14.9 Å². The van der Waals surface area contributed by atoms with E-state index in [4.69, 9.17) is 11.6 Å². The number of carbonyl (C=O) groups excluding carboxylic acids is 1. The number of aryl methyl sites for hydroxylation is 1. The van der Waals surface area contributed by atoms with E-state index in [0.717, 1.165) is 16.8 Å². The number of carbonyl (C=O) groups is 1. The van der Waals surface area contributed by atoms with Gasteiger partial charge in [-0.15, -0.1) is 10.2 Å². The Morgan fingerprint density at radius 1 is 1.09 bits per heavy atom. The van der Waals surface area contributed by atoms with Crippen molar-refractivity contribution in [1.29, 1.82) is 0 Å². The van der Waals surface area contributed by atoms with E-state index < -0.39 is 4.92 Å². The summed E-state index contributed by atoms with van der Waals surface area (Å²) in [6.07, 6.45) is 0. The molecular weight excluding hydrogens is 462 g/mol. The number of hydrogen-bond acceptors (Lipinski definition) is 6. The SMILES string of the molecule is Cc1ccc(-n2c(SCC(=O)Nc3cc([N+](=O)[O-])ccc3Cl)nnc2-c2ccccc2)cc1. The summed E-state index contributed by atoms with van der Waals surface area (Å²) in [5.74, 6) is 0.295. The smallest absolute Gasteiger partial charge is 0.271 e. The molecule has 1 N–H and O–H groups in total. The van der Waals surface area contributed by atoms with Crippen LogP contribution in [-0.4, -0.2) is 31.3 Å². The standard InChI is InChI=1S/C23H18ClN5O3S/c1-15-7-9-17(10-8-15)28-22(16-5-3-2-4-6-16)26-27-23(28)33-14-21(30)25-20-13-18(29(31)32)11-12-19(20)24/h2-13H,14H2,1H3,(H,25,30). The molecule has 0 fully saturated rings. The lowest BCUT2D eigenvalue weighted by Crippen LogP contribution is -2.15. The van der Waals surface area contributed by atoms with Crippen molar-refractivity contribution >= 4 is 40.6 Å². The van der Waals surface area contributed by atoms with Crippen LogP contribution in [0, 0.1) is 17.0 Å². The highest BCUT2D eigenvalue weighted by Crippen LogP contribution is 2.29. The minimum Gasteiger partial charge on any atom is -0.324 e. The number of halogens is 1. The van der Waals surface area contributed by atoms with Gasteiger partial charge >= 0.3 is 0 Å². The molecule has 33 heavy (non-hydrogen) atoms. The number of benzene rings is 3. The number of hydrogen-bond donors (Lipinski definition) is 1. The van der Waals surface area contributed by atoms with Crippen LogP contribution in [0.3, 0.4) is 0 Å². The van der Waals surface area contributed by atoms with Gasteiger partial charge in [0, 0.05) is 23.4 Å². The Kier molecular flexibility index (Phi) is 6.71. The summed E-state index contributed by atoms with van der Waals surface area (Å²) >= 11 is 7.29. The molecule has 0 spiro atoms. The van der Waals surface area contributed by atoms with Crippen LogP contribution in [0.4, 0.5) is 11.4 Å². The first-order valence-corrected chi connectivity index (χ1v) is 11.2. The lowest BCUT2D eigenvalue weighted by atomic mass is 10.2. The fourth-order valence-corrected chi connectivity index (χ4v) is 4.02. The molecule has 1 heterocycles. The molecular formula is C23H18ClN5O3S. The van der Waals surface area contributed by atoms with Gasteiger partial charge in [-0.1, -0.05) is 71.4 Å². The van der Waals surface area contributed by atoms with Gasteiger partial charge in [-0.05, 0) is 25.1 Å². The van der Waals surface area contributed by atoms with Crippen LogP contribution in [0.2, 0.25) is 5.02 Å². The van der Waals surface area contributed by atoms with Crippen LogP contribution in [0.15, 0.2) is 78.0 Å². The van der Waals surface area contributed by atoms with Crippen molar-refractivity contribution in [2.75, 3.05) is 11.1 Å². The zero-order valence-electron chi connectivity index (χ0n) is 17.4. The van der Waals surface area contributed by atoms with Crippen LogP contribution in [0.5, 0.6) is 0 Å². The van der Waals surface area contributed by atoms with Gasteiger partial charge in [-0.2, -0.15) is 0 Å². The number of thioether (sulfide) groups is 1. The monoisotopic (exact) mass is 479 g/mol. The number of amides is 1. The number of nitrogens with zero attached hydrogens (tertiary/aromatic N) is 4. The molecule has 0 aliphatic carbocycles. The average Bonchev–Trinajstić information content (AvgIpc) is 3.24. The summed E-state index contributed by atoms with van der Waals surface area (Å²) in [4.78, 5) is 23.0. The lowest BCUT2D eigenvalue weighted by Gasteiger charge is -2.11. The summed E-state index contributed by atoms with van der Waals surface area (Å²) in [5.41, 5.74) is 2.91. The third kappa shape index (κ3) is 5.21. The molecule has 8 nitrogen and oxygen atoms in total. The van der Waals surface area contributed by atoms with Crippen molar-refractivity contribution in [3.63, 3.8) is 0 Å². The Hall–Kier alpha value is -3.69. The molecule has 4 aromatic rings. The van der Waals surface area contributed by atoms with E-state index in [0.29, 0.717) is 11.0 Å². The molecule has 0 aliphatic heterocycles. The van der Waals surface area contributed by atoms with Gasteiger partial charge in [0.1, 0.15) is 0 Å². The first-order valence-electron chi connectivity index (χ1n) is 9.87. The summed E-state index contributed by atoms with van der Waals surface area (Å²) in [7, 11) is 0. The second-order valence-corrected chi connectivity index (χ2v) is 8.45. The predicted molar refractivity (Wildman–Crippen MR) is 129 cm³/mol. The second kappa shape index (κ2) is 9.85. The van der Waals surface area contributed by atoms with Crippen molar-refractivity contribution in [1.82, 2.24) is 14.8 Å². The highest BCUT2D eigenvalue weighted by molar-refractivity contribution is 7.99. The van der Waals surface area contributed by atoms with Gasteiger partial charge in [0.15, 0.2) is 11.0 Å². The van der Waals surface area contributed by atoms with Gasteiger partial charge < -0.3 is 5.32 Å². The molecule has 4 rings (SSSR count). The van der Waals surface area contributed by atoms with Crippen LogP contribution < -0.4 is 5.32 Å². The molecule has 10 heteroatoms. The molecule has 3 aromatic carbocycles. The molecule has 166 valence electrons. The van der Waals surface area contributed by atoms with Gasteiger partial charge in [-0.3, -0.25) is 19.5 Å². The Morgan fingerprint density at radius 2 is 1.82 bits per heavy atom. The molecule has 0 radical (unpaired) electrons. The van der Waals surface area contributed by atoms with E-state index in [2.05, 4.69) is 15.5 Å². The predicted octanol–water partition coefficient (Wildman–Crippen LogP) is 5.54. The van der Waals surface area contributed by atoms with Crippen molar-refractivity contribution in [3.8, 4) is 17.1 Å². The molecule has 0 unspecified atom stereocenters. The highest BCUT2D eigenvalue weighted by atomic mass is 35.5. The Morgan fingerprint density at radius 3 is 2.52 bits per heavy atom. The van der Waals surface area contributed by atoms with Gasteiger partial charge in [0.2, 0.25) is 5.91 Å². The number of anilines is 1. The number of aromatic nitrogens is 3. The maximum atomic E-state index is 12.6. The van der Waals surface area contributed by atoms with Crippen LogP contribution in [-0.2, 0) is 4.79 Å². The molecule has 0 saturated carbocycles. The Balaban J connectivity index is 1.58. The molecule has 1 aromatic heterocycles. The minimum atomic E-state index is -0.546. The van der Waals surface area contributed by atoms with Crippen LogP contribution in [0.25, 0.3) is 17.1 Å². The first-order chi connectivity index (χ1) is 15.9. The Bertz CT molecular complexity index is 1310. The first kappa shape index (κ1) is 22.5. The van der Waals surface area contributed by atoms with E-state index in [-0.39, 0.29) is 28.1 Å². The summed E-state index contributed by atoms with van der Waals surface area (Å²) in [6.45, 7) is 2.01. The van der Waals surface area contributed by atoms with Crippen molar-refractivity contribution < 1.29 is 9.72 Å². The van der Waals surface area contributed by atoms with Crippen LogP contribution >= 0.6 is 23.4 Å². The van der Waals surface area contributed by atoms with Gasteiger partial charge in [-0.25, -0.2) is 0 Å². The van der Waals surface area contributed by atoms with E-state index >= 15 is 0 Å². The van der Waals surface area contributed by atoms with Crippen molar-refractivity contribution in [2.24, 2.45) is 0 Å². The molecule has 0 saturated heterocycles. The quantitative estimate of drug-likeness (QED) is 0.212. The number of nitro groups is 1. The molecule has 0 bridgehead atoms. The Labute approximate surface area is 198 Å². The maximum Gasteiger partial charge on any atom is 0.271 e. The summed E-state index contributed by atoms with van der Waals surface area (Å²) < 4.78 is 1.90. The van der Waals surface area contributed by atoms with Gasteiger partial charge in [0.25, 0.3) is 5.69 Å². The van der Waals surface area contributed by atoms with E-state index in [1.165, 1.54) is 30.0 Å². The summed E-state index contributed by atoms with van der Waals surface area (Å²) in [6, 6.07) is 21.5. The lowest BCUT2D eigenvalue weighted by molar-refractivity contribution is -0.384. The normalized spacial score (nSPS) is 10.7. The molecule has 1 amide bonds. The largest absolute Gasteiger partial charge is 0.324 e. The second-order valence-electron chi connectivity index (χ2n) is 7.10. The number of rotatable bonds is 7. The van der Waals surface area contributed by atoms with Gasteiger partial charge in [0.05, 0.1) is 21.4 Å². The van der Waals surface area contributed by atoms with E-state index in [1.807, 2.05) is 66.1 Å². The number of nitrogens with one attached hydrogen (secondary N) is 1. The average molecular weight is 480 g/mol. The zero-order valence-corrected chi connectivity index (χ0v) is 19.0. The minimum absolute atomic E-state index is 0.0117. The summed E-state index contributed by atoms with van der Waals surface area (Å²) in [5, 5.41) is 23.0. The fraction of sp³-hybridized carbons (Fsp3) is 0.0870. The van der Waals surface area contributed by atoms with Crippen LogP contribution in [0.1, 0.15) is 5.56 Å². The number of nitro benzene ring substituents is 1. The number of non-ortho nitro benzene ring substituents is 1. The third-order valence-electron chi connectivity index (χ3n) is 4.72. The fourth-order valence-electron chi connectivity index (χ4n) is 3.10. The zero-order chi connectivity index (χ0) is 23.4. The molecule has 0 atom stereocenters. The van der Waals surface area contributed by atoms with Crippen molar-refractivity contribution in [3.05, 3.63) is 93.5 Å². The third-order valence-corrected chi connectivity index (χ3v) is 5.98.